The Labute approximate surface area is 194 Å². The summed E-state index contributed by atoms with van der Waals surface area (Å²) >= 11 is 0. The number of pyridine rings is 2. The molecule has 0 bridgehead atoms. The first kappa shape index (κ1) is 21.2. The molecule has 5 aromatic rings. The zero-order valence-electron chi connectivity index (χ0n) is 18.0. The fraction of sp³-hybridized carbons (Fsp3) is 0.0370. The number of anilines is 1. The summed E-state index contributed by atoms with van der Waals surface area (Å²) in [5.41, 5.74) is 2.77. The molecule has 0 saturated heterocycles. The third kappa shape index (κ3) is 4.73. The number of carbonyl (C=O) groups excluding carboxylic acids is 2. The van der Waals surface area contributed by atoms with Crippen LogP contribution in [0.25, 0.3) is 21.7 Å². The Hall–Kier alpha value is -4.65. The Balaban J connectivity index is 1.20. The summed E-state index contributed by atoms with van der Waals surface area (Å²) in [7, 11) is 0. The summed E-state index contributed by atoms with van der Waals surface area (Å²) in [4.78, 5) is 29.0. The van der Waals surface area contributed by atoms with E-state index in [-0.39, 0.29) is 5.82 Å². The minimum Gasteiger partial charge on any atom is -0.307 e. The van der Waals surface area contributed by atoms with Crippen molar-refractivity contribution in [3.05, 3.63) is 114 Å². The monoisotopic (exact) mass is 451 g/mol. The van der Waals surface area contributed by atoms with E-state index in [0.29, 0.717) is 17.8 Å². The number of imide groups is 1. The van der Waals surface area contributed by atoms with Crippen LogP contribution in [0.3, 0.4) is 0 Å². The van der Waals surface area contributed by atoms with Crippen LogP contribution in [0.4, 0.5) is 14.9 Å². The molecule has 2 N–H and O–H groups in total. The predicted molar refractivity (Wildman–Crippen MR) is 128 cm³/mol. The van der Waals surface area contributed by atoms with E-state index in [4.69, 9.17) is 0 Å². The summed E-state index contributed by atoms with van der Waals surface area (Å²) in [5, 5.41) is 7.66. The second-order valence-electron chi connectivity index (χ2n) is 7.90. The molecular weight excluding hydrogens is 431 g/mol. The Morgan fingerprint density at radius 3 is 2.50 bits per heavy atom. The van der Waals surface area contributed by atoms with Crippen LogP contribution in [0.2, 0.25) is 0 Å². The second kappa shape index (κ2) is 9.07. The van der Waals surface area contributed by atoms with Crippen molar-refractivity contribution < 1.29 is 18.5 Å². The van der Waals surface area contributed by atoms with E-state index >= 15 is 0 Å². The van der Waals surface area contributed by atoms with Crippen molar-refractivity contribution in [3.63, 3.8) is 0 Å². The lowest BCUT2D eigenvalue weighted by molar-refractivity contribution is -0.688. The molecule has 0 saturated carbocycles. The van der Waals surface area contributed by atoms with Crippen LogP contribution in [0.15, 0.2) is 97.5 Å². The van der Waals surface area contributed by atoms with Crippen molar-refractivity contribution in [2.24, 2.45) is 0 Å². The molecule has 7 heteroatoms. The molecule has 3 aromatic carbocycles. The number of hydrogen-bond acceptors (Lipinski definition) is 3. The Bertz CT molecular complexity index is 1530. The molecule has 0 atom stereocenters. The van der Waals surface area contributed by atoms with Crippen LogP contribution in [0.5, 0.6) is 0 Å². The minimum absolute atomic E-state index is 0.252. The number of fused-ring (bicyclic) bond motifs is 2. The topological polar surface area (TPSA) is 75.0 Å². The quantitative estimate of drug-likeness (QED) is 0.385. The lowest BCUT2D eigenvalue weighted by Crippen LogP contribution is -2.35. The number of halogens is 1. The van der Waals surface area contributed by atoms with Crippen molar-refractivity contribution in [1.82, 2.24) is 10.3 Å². The first-order valence-electron chi connectivity index (χ1n) is 10.7. The summed E-state index contributed by atoms with van der Waals surface area (Å²) in [6.45, 7) is 0.620. The van der Waals surface area contributed by atoms with Crippen LogP contribution in [0, 0.1) is 5.82 Å². The SMILES string of the molecule is O=C(NC(=O)c1ccc2ncccc2c1)Nc1cc[n+](Cc2ccc3cc(F)ccc3c2)cc1. The molecule has 166 valence electrons. The molecule has 0 aliphatic rings. The van der Waals surface area contributed by atoms with Gasteiger partial charge in [-0.25, -0.2) is 13.8 Å². The van der Waals surface area contributed by atoms with Gasteiger partial charge < -0.3 is 5.32 Å². The highest BCUT2D eigenvalue weighted by atomic mass is 19.1. The van der Waals surface area contributed by atoms with E-state index < -0.39 is 11.9 Å². The molecule has 34 heavy (non-hydrogen) atoms. The van der Waals surface area contributed by atoms with E-state index in [0.717, 1.165) is 27.2 Å². The van der Waals surface area contributed by atoms with Crippen LogP contribution in [-0.4, -0.2) is 16.9 Å². The number of carbonyl (C=O) groups is 2. The van der Waals surface area contributed by atoms with Crippen molar-refractivity contribution in [2.75, 3.05) is 5.32 Å². The predicted octanol–water partition coefficient (Wildman–Crippen LogP) is 4.82. The molecule has 0 radical (unpaired) electrons. The highest BCUT2D eigenvalue weighted by molar-refractivity contribution is 6.09. The van der Waals surface area contributed by atoms with E-state index in [1.807, 2.05) is 41.2 Å². The Morgan fingerprint density at radius 2 is 1.65 bits per heavy atom. The van der Waals surface area contributed by atoms with Crippen LogP contribution in [-0.2, 0) is 6.54 Å². The maximum absolute atomic E-state index is 13.4. The van der Waals surface area contributed by atoms with Crippen molar-refractivity contribution in [1.29, 1.82) is 0 Å². The first-order chi connectivity index (χ1) is 16.5. The lowest BCUT2D eigenvalue weighted by atomic mass is 10.1. The van der Waals surface area contributed by atoms with Crippen LogP contribution >= 0.6 is 0 Å². The van der Waals surface area contributed by atoms with Gasteiger partial charge in [0.15, 0.2) is 18.9 Å². The molecule has 2 heterocycles. The van der Waals surface area contributed by atoms with Crippen LogP contribution < -0.4 is 15.2 Å². The maximum atomic E-state index is 13.4. The zero-order valence-corrected chi connectivity index (χ0v) is 18.0. The standard InChI is InChI=1S/C27H19FN4O2/c28-23-7-5-19-14-18(3-4-20(19)16-23)17-32-12-9-24(10-13-32)30-27(34)31-26(33)22-6-8-25-21(15-22)2-1-11-29-25/h1-16H,17H2,(H,31,33,34)/p+1. The minimum atomic E-state index is -0.615. The number of nitrogens with one attached hydrogen (secondary N) is 2. The average molecular weight is 451 g/mol. The summed E-state index contributed by atoms with van der Waals surface area (Å²) in [5.74, 6) is -0.747. The van der Waals surface area contributed by atoms with E-state index in [1.54, 1.807) is 48.7 Å². The number of nitrogens with zero attached hydrogens (tertiary/aromatic N) is 2. The van der Waals surface area contributed by atoms with Crippen LogP contribution in [0.1, 0.15) is 15.9 Å². The van der Waals surface area contributed by atoms with E-state index in [1.165, 1.54) is 12.1 Å². The largest absolute Gasteiger partial charge is 0.326 e. The Kier molecular flexibility index (Phi) is 5.66. The lowest BCUT2D eigenvalue weighted by Gasteiger charge is -2.07. The van der Waals surface area contributed by atoms with Crippen molar-refractivity contribution in [3.8, 4) is 0 Å². The molecule has 6 nitrogen and oxygen atoms in total. The fourth-order valence-electron chi connectivity index (χ4n) is 3.78. The molecule has 0 spiro atoms. The van der Waals surface area contributed by atoms with Gasteiger partial charge in [-0.1, -0.05) is 24.3 Å². The number of benzene rings is 3. The smallest absolute Gasteiger partial charge is 0.307 e. The highest BCUT2D eigenvalue weighted by Gasteiger charge is 2.12. The van der Waals surface area contributed by atoms with Crippen molar-refractivity contribution >= 4 is 39.3 Å². The molecule has 2 aromatic heterocycles. The van der Waals surface area contributed by atoms with Gasteiger partial charge in [-0.05, 0) is 53.2 Å². The van der Waals surface area contributed by atoms with Gasteiger partial charge in [-0.15, -0.1) is 0 Å². The highest BCUT2D eigenvalue weighted by Crippen LogP contribution is 2.17. The van der Waals surface area contributed by atoms with Crippen molar-refractivity contribution in [2.45, 2.75) is 6.54 Å². The van der Waals surface area contributed by atoms with Gasteiger partial charge in [0.1, 0.15) is 5.82 Å². The number of hydrogen-bond donors (Lipinski definition) is 2. The normalized spacial score (nSPS) is 10.9. The number of urea groups is 1. The summed E-state index contributed by atoms with van der Waals surface area (Å²) in [6.07, 6.45) is 5.36. The Morgan fingerprint density at radius 1 is 0.853 bits per heavy atom. The fourth-order valence-corrected chi connectivity index (χ4v) is 3.78. The second-order valence-corrected chi connectivity index (χ2v) is 7.90. The maximum Gasteiger partial charge on any atom is 0.326 e. The molecule has 5 rings (SSSR count). The van der Waals surface area contributed by atoms with E-state index in [9.17, 15) is 14.0 Å². The molecule has 0 fully saturated rings. The first-order valence-corrected chi connectivity index (χ1v) is 10.7. The number of rotatable bonds is 4. The third-order valence-corrected chi connectivity index (χ3v) is 5.47. The summed E-state index contributed by atoms with van der Waals surface area (Å²) < 4.78 is 15.3. The third-order valence-electron chi connectivity index (χ3n) is 5.47. The van der Waals surface area contributed by atoms with Gasteiger partial charge >= 0.3 is 6.03 Å². The number of aromatic nitrogens is 2. The van der Waals surface area contributed by atoms with Gasteiger partial charge in [0.2, 0.25) is 0 Å². The van der Waals surface area contributed by atoms with Gasteiger partial charge in [0, 0.05) is 34.8 Å². The van der Waals surface area contributed by atoms with Gasteiger partial charge in [0.25, 0.3) is 5.91 Å². The molecule has 0 aliphatic heterocycles. The van der Waals surface area contributed by atoms with Gasteiger partial charge in [-0.2, -0.15) is 0 Å². The molecule has 0 aliphatic carbocycles. The molecule has 3 amide bonds. The average Bonchev–Trinajstić information content (AvgIpc) is 2.85. The zero-order chi connectivity index (χ0) is 23.5. The number of amides is 3. The molecular formula is C27H20FN4O2+. The molecule has 0 unspecified atom stereocenters. The summed E-state index contributed by atoms with van der Waals surface area (Å²) in [6, 6.07) is 22.2. The van der Waals surface area contributed by atoms with Gasteiger partial charge in [-0.3, -0.25) is 15.1 Å². The van der Waals surface area contributed by atoms with Gasteiger partial charge in [0.05, 0.1) is 11.2 Å². The van der Waals surface area contributed by atoms with E-state index in [2.05, 4.69) is 15.6 Å².